The minimum absolute atomic E-state index is 0.186. The second-order valence-corrected chi connectivity index (χ2v) is 9.07. The van der Waals surface area contributed by atoms with Crippen LogP contribution >= 0.6 is 11.3 Å². The summed E-state index contributed by atoms with van der Waals surface area (Å²) in [4.78, 5) is 27.9. The van der Waals surface area contributed by atoms with Crippen molar-refractivity contribution in [3.8, 4) is 0 Å². The minimum Gasteiger partial charge on any atom is -0.457 e. The van der Waals surface area contributed by atoms with Gasteiger partial charge in [0.15, 0.2) is 5.13 Å². The molecule has 0 amide bonds. The van der Waals surface area contributed by atoms with Crippen molar-refractivity contribution in [3.63, 3.8) is 0 Å². The van der Waals surface area contributed by atoms with E-state index < -0.39 is 5.60 Å². The van der Waals surface area contributed by atoms with Crippen LogP contribution in [0.5, 0.6) is 0 Å². The molecule has 1 N–H and O–H groups in total. The van der Waals surface area contributed by atoms with E-state index in [9.17, 15) is 4.79 Å². The molecular weight excluding hydrogens is 386 g/mol. The van der Waals surface area contributed by atoms with Crippen LogP contribution in [0, 0.1) is 12.8 Å². The number of ether oxygens (including phenoxy) is 1. The van der Waals surface area contributed by atoms with Gasteiger partial charge in [0.25, 0.3) is 0 Å². The zero-order valence-corrected chi connectivity index (χ0v) is 18.0. The molecule has 1 unspecified atom stereocenters. The third-order valence-electron chi connectivity index (χ3n) is 5.98. The average Bonchev–Trinajstić information content (AvgIpc) is 3.21. The molecule has 1 saturated heterocycles. The van der Waals surface area contributed by atoms with Gasteiger partial charge in [-0.05, 0) is 32.6 Å². The van der Waals surface area contributed by atoms with E-state index in [4.69, 9.17) is 14.7 Å². The van der Waals surface area contributed by atoms with Gasteiger partial charge in [-0.1, -0.05) is 19.3 Å². The van der Waals surface area contributed by atoms with Crippen LogP contribution in [0.4, 0.5) is 16.9 Å². The van der Waals surface area contributed by atoms with Gasteiger partial charge in [0.05, 0.1) is 6.54 Å². The number of anilines is 3. The van der Waals surface area contributed by atoms with Crippen molar-refractivity contribution in [1.82, 2.24) is 15.0 Å². The molecule has 2 fully saturated rings. The largest absolute Gasteiger partial charge is 0.457 e. The highest BCUT2D eigenvalue weighted by atomic mass is 32.1. The van der Waals surface area contributed by atoms with Crippen LogP contribution in [0.25, 0.3) is 0 Å². The number of nitrogens with one attached hydrogen (secondary N) is 1. The predicted molar refractivity (Wildman–Crippen MR) is 115 cm³/mol. The molecule has 1 saturated carbocycles. The summed E-state index contributed by atoms with van der Waals surface area (Å²) in [5.41, 5.74) is 0.468. The molecule has 4 rings (SSSR count). The van der Waals surface area contributed by atoms with Crippen molar-refractivity contribution in [1.29, 1.82) is 0 Å². The lowest BCUT2D eigenvalue weighted by Gasteiger charge is -2.47. The zero-order valence-electron chi connectivity index (χ0n) is 17.2. The summed E-state index contributed by atoms with van der Waals surface area (Å²) in [5.74, 6) is 1.66. The Balaban J connectivity index is 1.59. The summed E-state index contributed by atoms with van der Waals surface area (Å²) in [6, 6.07) is 1.93. The fourth-order valence-corrected chi connectivity index (χ4v) is 5.32. The van der Waals surface area contributed by atoms with Crippen molar-refractivity contribution >= 4 is 34.2 Å². The predicted octanol–water partition coefficient (Wildman–Crippen LogP) is 4.47. The third-order valence-corrected chi connectivity index (χ3v) is 6.66. The number of aryl methyl sites for hydroxylation is 1. The molecule has 2 aromatic rings. The smallest absolute Gasteiger partial charge is 0.303 e. The number of piperidine rings is 1. The number of aromatic nitrogens is 3. The summed E-state index contributed by atoms with van der Waals surface area (Å²) in [6.45, 7) is 5.04. The minimum atomic E-state index is -0.430. The SMILES string of the molecule is CC(=O)OC1(C2CCCCC2)CCCN(c2nc(C)cc(Nc3nccs3)n2)C1. The number of rotatable bonds is 5. The van der Waals surface area contributed by atoms with Gasteiger partial charge in [0.2, 0.25) is 5.95 Å². The van der Waals surface area contributed by atoms with Gasteiger partial charge in [0.1, 0.15) is 11.4 Å². The molecule has 1 atom stereocenters. The second-order valence-electron chi connectivity index (χ2n) is 8.18. The first kappa shape index (κ1) is 20.1. The van der Waals surface area contributed by atoms with Crippen LogP contribution in [0.2, 0.25) is 0 Å². The molecule has 0 bridgehead atoms. The van der Waals surface area contributed by atoms with Crippen LogP contribution < -0.4 is 10.2 Å². The van der Waals surface area contributed by atoms with E-state index in [0.717, 1.165) is 48.9 Å². The number of hydrogen-bond donors (Lipinski definition) is 1. The Hall–Kier alpha value is -2.22. The molecule has 0 aromatic carbocycles. The Morgan fingerprint density at radius 2 is 2.10 bits per heavy atom. The Morgan fingerprint density at radius 3 is 2.83 bits per heavy atom. The van der Waals surface area contributed by atoms with E-state index in [-0.39, 0.29) is 5.97 Å². The Kier molecular flexibility index (Phi) is 5.99. The van der Waals surface area contributed by atoms with Gasteiger partial charge in [-0.2, -0.15) is 4.98 Å². The van der Waals surface area contributed by atoms with Crippen LogP contribution in [0.3, 0.4) is 0 Å². The molecule has 156 valence electrons. The molecule has 3 heterocycles. The summed E-state index contributed by atoms with van der Waals surface area (Å²) < 4.78 is 6.06. The topological polar surface area (TPSA) is 80.2 Å². The van der Waals surface area contributed by atoms with Crippen molar-refractivity contribution in [2.45, 2.75) is 64.4 Å². The number of thiazole rings is 1. The molecule has 0 spiro atoms. The number of hydrogen-bond acceptors (Lipinski definition) is 8. The Labute approximate surface area is 175 Å². The first-order valence-corrected chi connectivity index (χ1v) is 11.4. The zero-order chi connectivity index (χ0) is 20.3. The number of nitrogens with zero attached hydrogens (tertiary/aromatic N) is 4. The monoisotopic (exact) mass is 415 g/mol. The van der Waals surface area contributed by atoms with Crippen LogP contribution in [-0.4, -0.2) is 39.6 Å². The molecule has 2 aromatic heterocycles. The molecule has 0 radical (unpaired) electrons. The quantitative estimate of drug-likeness (QED) is 0.722. The Bertz CT molecular complexity index is 838. The molecule has 1 aliphatic heterocycles. The van der Waals surface area contributed by atoms with Crippen molar-refractivity contribution < 1.29 is 9.53 Å². The fraction of sp³-hybridized carbons (Fsp3) is 0.619. The van der Waals surface area contributed by atoms with Crippen LogP contribution in [-0.2, 0) is 9.53 Å². The second kappa shape index (κ2) is 8.65. The van der Waals surface area contributed by atoms with Gasteiger partial charge in [-0.15, -0.1) is 11.3 Å². The summed E-state index contributed by atoms with van der Waals surface area (Å²) in [6.07, 6.45) is 9.64. The van der Waals surface area contributed by atoms with Gasteiger partial charge < -0.3 is 15.0 Å². The van der Waals surface area contributed by atoms with Gasteiger partial charge in [0, 0.05) is 42.7 Å². The highest BCUT2D eigenvalue weighted by Crippen LogP contribution is 2.41. The van der Waals surface area contributed by atoms with E-state index in [1.807, 2.05) is 18.4 Å². The van der Waals surface area contributed by atoms with Crippen LogP contribution in [0.15, 0.2) is 17.6 Å². The normalized spacial score (nSPS) is 23.0. The molecule has 2 aliphatic rings. The van der Waals surface area contributed by atoms with Gasteiger partial charge in [-0.3, -0.25) is 4.79 Å². The lowest BCUT2D eigenvalue weighted by molar-refractivity contribution is -0.166. The molecule has 8 heteroatoms. The first-order valence-electron chi connectivity index (χ1n) is 10.5. The standard InChI is InChI=1S/C21H29N5O2S/c1-15-13-18(25-20-22-10-12-29-20)24-19(23-15)26-11-6-9-21(14-26,28-16(2)27)17-7-4-3-5-8-17/h10,12-13,17H,3-9,11,14H2,1-2H3,(H,22,23,24,25). The van der Waals surface area contributed by atoms with Gasteiger partial charge >= 0.3 is 5.97 Å². The maximum Gasteiger partial charge on any atom is 0.303 e. The van der Waals surface area contributed by atoms with Crippen molar-refractivity contribution in [2.75, 3.05) is 23.3 Å². The van der Waals surface area contributed by atoms with Crippen LogP contribution in [0.1, 0.15) is 57.6 Å². The highest BCUT2D eigenvalue weighted by molar-refractivity contribution is 7.13. The van der Waals surface area contributed by atoms with E-state index in [0.29, 0.717) is 18.4 Å². The fourth-order valence-electron chi connectivity index (χ4n) is 4.79. The lowest BCUT2D eigenvalue weighted by atomic mass is 9.73. The summed E-state index contributed by atoms with van der Waals surface area (Å²) >= 11 is 1.54. The molecular formula is C21H29N5O2S. The number of carbonyl (C=O) groups excluding carboxylic acids is 1. The Morgan fingerprint density at radius 1 is 1.28 bits per heavy atom. The van der Waals surface area contributed by atoms with Crippen molar-refractivity contribution in [3.05, 3.63) is 23.3 Å². The molecule has 29 heavy (non-hydrogen) atoms. The molecule has 7 nitrogen and oxygen atoms in total. The maximum atomic E-state index is 12.0. The lowest BCUT2D eigenvalue weighted by Crippen LogP contribution is -2.56. The first-order chi connectivity index (χ1) is 14.0. The third kappa shape index (κ3) is 4.69. The van der Waals surface area contributed by atoms with Gasteiger partial charge in [-0.25, -0.2) is 9.97 Å². The van der Waals surface area contributed by atoms with E-state index in [1.54, 1.807) is 6.20 Å². The van der Waals surface area contributed by atoms with E-state index >= 15 is 0 Å². The highest BCUT2D eigenvalue weighted by Gasteiger charge is 2.46. The van der Waals surface area contributed by atoms with E-state index in [2.05, 4.69) is 15.2 Å². The summed E-state index contributed by atoms with van der Waals surface area (Å²) in [5, 5.41) is 6.00. The number of esters is 1. The summed E-state index contributed by atoms with van der Waals surface area (Å²) in [7, 11) is 0. The molecule has 1 aliphatic carbocycles. The van der Waals surface area contributed by atoms with E-state index in [1.165, 1.54) is 37.5 Å². The average molecular weight is 416 g/mol. The maximum absolute atomic E-state index is 12.0. The number of carbonyl (C=O) groups is 1. The van der Waals surface area contributed by atoms with Crippen molar-refractivity contribution in [2.24, 2.45) is 5.92 Å².